The lowest BCUT2D eigenvalue weighted by atomic mass is 9.99. The van der Waals surface area contributed by atoms with Crippen LogP contribution in [0, 0.1) is 5.92 Å². The highest BCUT2D eigenvalue weighted by molar-refractivity contribution is 5.18. The molecular formula is C7H11NO. The standard InChI is InChI=1S/C7H11NO/c8-7-4-2-1-3-6(7)5-9/h1-2,4,6,9H,3,5,8H2. The fraction of sp³-hybridized carbons (Fsp3) is 0.429. The van der Waals surface area contributed by atoms with E-state index in [0.717, 1.165) is 12.1 Å². The van der Waals surface area contributed by atoms with Gasteiger partial charge in [-0.1, -0.05) is 12.2 Å². The zero-order valence-electron chi connectivity index (χ0n) is 5.25. The third-order valence-electron chi connectivity index (χ3n) is 1.54. The quantitative estimate of drug-likeness (QED) is 0.532. The van der Waals surface area contributed by atoms with Gasteiger partial charge in [-0.25, -0.2) is 0 Å². The fourth-order valence-electron chi connectivity index (χ4n) is 0.874. The monoisotopic (exact) mass is 125 g/mol. The lowest BCUT2D eigenvalue weighted by Crippen LogP contribution is -2.16. The SMILES string of the molecule is NC1=CC=CCC1CO. The molecular weight excluding hydrogens is 114 g/mol. The molecule has 0 aliphatic heterocycles. The molecule has 1 unspecified atom stereocenters. The Balaban J connectivity index is 2.59. The lowest BCUT2D eigenvalue weighted by Gasteiger charge is -2.14. The van der Waals surface area contributed by atoms with Gasteiger partial charge in [0.15, 0.2) is 0 Å². The first-order valence-electron chi connectivity index (χ1n) is 3.07. The molecule has 0 heterocycles. The molecule has 1 rings (SSSR count). The minimum Gasteiger partial charge on any atom is -0.402 e. The molecule has 1 aliphatic carbocycles. The van der Waals surface area contributed by atoms with Gasteiger partial charge in [0.05, 0.1) is 6.61 Å². The van der Waals surface area contributed by atoms with Crippen molar-refractivity contribution in [2.24, 2.45) is 11.7 Å². The van der Waals surface area contributed by atoms with Gasteiger partial charge >= 0.3 is 0 Å². The minimum absolute atomic E-state index is 0.159. The van der Waals surface area contributed by atoms with Crippen LogP contribution >= 0.6 is 0 Å². The second-order valence-corrected chi connectivity index (χ2v) is 2.21. The number of aliphatic hydroxyl groups excluding tert-OH is 1. The van der Waals surface area contributed by atoms with Crippen LogP contribution in [-0.4, -0.2) is 11.7 Å². The Bertz CT molecular complexity index is 149. The van der Waals surface area contributed by atoms with E-state index < -0.39 is 0 Å². The van der Waals surface area contributed by atoms with Gasteiger partial charge < -0.3 is 10.8 Å². The van der Waals surface area contributed by atoms with Crippen molar-refractivity contribution in [3.8, 4) is 0 Å². The fourth-order valence-corrected chi connectivity index (χ4v) is 0.874. The first-order chi connectivity index (χ1) is 4.34. The molecule has 1 aliphatic rings. The lowest BCUT2D eigenvalue weighted by molar-refractivity contribution is 0.245. The molecule has 0 aromatic carbocycles. The maximum Gasteiger partial charge on any atom is 0.0516 e. The van der Waals surface area contributed by atoms with Crippen molar-refractivity contribution in [3.63, 3.8) is 0 Å². The summed E-state index contributed by atoms with van der Waals surface area (Å²) in [4.78, 5) is 0. The van der Waals surface area contributed by atoms with E-state index in [2.05, 4.69) is 0 Å². The third kappa shape index (κ3) is 1.33. The number of rotatable bonds is 1. The molecule has 2 nitrogen and oxygen atoms in total. The maximum absolute atomic E-state index is 8.71. The van der Waals surface area contributed by atoms with E-state index in [1.54, 1.807) is 0 Å². The Morgan fingerprint density at radius 2 is 2.56 bits per heavy atom. The van der Waals surface area contributed by atoms with Crippen LogP contribution in [0.2, 0.25) is 0 Å². The van der Waals surface area contributed by atoms with Crippen LogP contribution in [0.3, 0.4) is 0 Å². The van der Waals surface area contributed by atoms with Gasteiger partial charge in [0, 0.05) is 11.6 Å². The van der Waals surface area contributed by atoms with Gasteiger partial charge in [0.1, 0.15) is 0 Å². The number of nitrogens with two attached hydrogens (primary N) is 1. The van der Waals surface area contributed by atoms with Crippen LogP contribution in [0.1, 0.15) is 6.42 Å². The zero-order chi connectivity index (χ0) is 6.69. The molecule has 0 spiro atoms. The van der Waals surface area contributed by atoms with Crippen LogP contribution in [0.15, 0.2) is 23.9 Å². The van der Waals surface area contributed by atoms with Gasteiger partial charge in [-0.3, -0.25) is 0 Å². The van der Waals surface area contributed by atoms with E-state index in [9.17, 15) is 0 Å². The van der Waals surface area contributed by atoms with Crippen molar-refractivity contribution < 1.29 is 5.11 Å². The summed E-state index contributed by atoms with van der Waals surface area (Å²) in [5.74, 6) is 0.162. The summed E-state index contributed by atoms with van der Waals surface area (Å²) in [7, 11) is 0. The molecule has 0 saturated carbocycles. The summed E-state index contributed by atoms with van der Waals surface area (Å²) in [5.41, 5.74) is 6.33. The van der Waals surface area contributed by atoms with E-state index in [1.165, 1.54) is 0 Å². The molecule has 9 heavy (non-hydrogen) atoms. The highest BCUT2D eigenvalue weighted by Gasteiger charge is 2.09. The van der Waals surface area contributed by atoms with Gasteiger partial charge in [-0.15, -0.1) is 0 Å². The summed E-state index contributed by atoms with van der Waals surface area (Å²) in [5, 5.41) is 8.71. The zero-order valence-corrected chi connectivity index (χ0v) is 5.25. The second kappa shape index (κ2) is 2.69. The van der Waals surface area contributed by atoms with Crippen molar-refractivity contribution in [1.29, 1.82) is 0 Å². The summed E-state index contributed by atoms with van der Waals surface area (Å²) in [6.07, 6.45) is 6.64. The highest BCUT2D eigenvalue weighted by Crippen LogP contribution is 2.14. The average Bonchev–Trinajstić information content (AvgIpc) is 1.89. The van der Waals surface area contributed by atoms with E-state index in [0.29, 0.717) is 0 Å². The Kier molecular flexibility index (Phi) is 1.90. The Hall–Kier alpha value is -0.760. The molecule has 0 radical (unpaired) electrons. The summed E-state index contributed by atoms with van der Waals surface area (Å²) in [6.45, 7) is 0.159. The highest BCUT2D eigenvalue weighted by atomic mass is 16.3. The minimum atomic E-state index is 0.159. The van der Waals surface area contributed by atoms with Crippen LogP contribution in [0.5, 0.6) is 0 Å². The molecule has 50 valence electrons. The van der Waals surface area contributed by atoms with Crippen molar-refractivity contribution >= 4 is 0 Å². The molecule has 0 bridgehead atoms. The van der Waals surface area contributed by atoms with Crippen molar-refractivity contribution in [1.82, 2.24) is 0 Å². The molecule has 3 N–H and O–H groups in total. The molecule has 0 saturated heterocycles. The Morgan fingerprint density at radius 1 is 1.78 bits per heavy atom. The Morgan fingerprint density at radius 3 is 3.00 bits per heavy atom. The van der Waals surface area contributed by atoms with Gasteiger partial charge in [-0.2, -0.15) is 0 Å². The smallest absolute Gasteiger partial charge is 0.0516 e. The molecule has 0 fully saturated rings. The van der Waals surface area contributed by atoms with Crippen LogP contribution in [-0.2, 0) is 0 Å². The number of aliphatic hydroxyl groups is 1. The van der Waals surface area contributed by atoms with Gasteiger partial charge in [0.2, 0.25) is 0 Å². The largest absolute Gasteiger partial charge is 0.402 e. The van der Waals surface area contributed by atoms with Crippen molar-refractivity contribution in [2.75, 3.05) is 6.61 Å². The topological polar surface area (TPSA) is 46.2 Å². The summed E-state index contributed by atoms with van der Waals surface area (Å²) in [6, 6.07) is 0. The predicted octanol–water partition coefficient (Wildman–Crippen LogP) is 0.397. The molecule has 0 aromatic heterocycles. The predicted molar refractivity (Wildman–Crippen MR) is 36.6 cm³/mol. The van der Waals surface area contributed by atoms with E-state index in [1.807, 2.05) is 18.2 Å². The van der Waals surface area contributed by atoms with Crippen LogP contribution < -0.4 is 5.73 Å². The molecule has 1 atom stereocenters. The molecule has 2 heteroatoms. The molecule has 0 aromatic rings. The van der Waals surface area contributed by atoms with E-state index in [-0.39, 0.29) is 12.5 Å². The Labute approximate surface area is 54.7 Å². The van der Waals surface area contributed by atoms with Gasteiger partial charge in [0.25, 0.3) is 0 Å². The van der Waals surface area contributed by atoms with Crippen LogP contribution in [0.25, 0.3) is 0 Å². The first kappa shape index (κ1) is 6.36. The van der Waals surface area contributed by atoms with E-state index >= 15 is 0 Å². The average molecular weight is 125 g/mol. The second-order valence-electron chi connectivity index (χ2n) is 2.21. The summed E-state index contributed by atoms with van der Waals surface area (Å²) >= 11 is 0. The molecule has 0 amide bonds. The third-order valence-corrected chi connectivity index (χ3v) is 1.54. The van der Waals surface area contributed by atoms with Crippen LogP contribution in [0.4, 0.5) is 0 Å². The normalized spacial score (nSPS) is 25.9. The van der Waals surface area contributed by atoms with E-state index in [4.69, 9.17) is 10.8 Å². The van der Waals surface area contributed by atoms with Crippen molar-refractivity contribution in [3.05, 3.63) is 23.9 Å². The summed E-state index contributed by atoms with van der Waals surface area (Å²) < 4.78 is 0. The maximum atomic E-state index is 8.71. The number of hydrogen-bond donors (Lipinski definition) is 2. The number of allylic oxidation sites excluding steroid dienone is 3. The van der Waals surface area contributed by atoms with Crippen molar-refractivity contribution in [2.45, 2.75) is 6.42 Å². The van der Waals surface area contributed by atoms with Gasteiger partial charge in [-0.05, 0) is 12.5 Å². The first-order valence-corrected chi connectivity index (χ1v) is 3.07. The number of hydrogen-bond acceptors (Lipinski definition) is 2.